The summed E-state index contributed by atoms with van der Waals surface area (Å²) >= 11 is 7.52. The zero-order valence-corrected chi connectivity index (χ0v) is 18.7. The van der Waals surface area contributed by atoms with Crippen LogP contribution in [0.3, 0.4) is 0 Å². The third kappa shape index (κ3) is 3.65. The summed E-state index contributed by atoms with van der Waals surface area (Å²) in [5, 5.41) is 4.63. The predicted octanol–water partition coefficient (Wildman–Crippen LogP) is 5.13. The molecule has 4 aromatic rings. The lowest BCUT2D eigenvalue weighted by Crippen LogP contribution is -2.40. The summed E-state index contributed by atoms with van der Waals surface area (Å²) in [6, 6.07) is 12.8. The number of carbonyl (C=O) groups is 1. The van der Waals surface area contributed by atoms with E-state index in [1.807, 2.05) is 30.3 Å². The monoisotopic (exact) mass is 468 g/mol. The molecule has 1 amide bonds. The Kier molecular flexibility index (Phi) is 5.40. The highest BCUT2D eigenvalue weighted by atomic mass is 35.5. The minimum Gasteiger partial charge on any atom is -0.497 e. The predicted molar refractivity (Wildman–Crippen MR) is 121 cm³/mol. The smallest absolute Gasteiger partial charge is 0.273 e. The van der Waals surface area contributed by atoms with Crippen LogP contribution in [0.5, 0.6) is 5.75 Å². The van der Waals surface area contributed by atoms with E-state index in [4.69, 9.17) is 16.3 Å². The van der Waals surface area contributed by atoms with Crippen molar-refractivity contribution in [3.63, 3.8) is 0 Å². The Labute approximate surface area is 192 Å². The van der Waals surface area contributed by atoms with Gasteiger partial charge < -0.3 is 9.64 Å². The van der Waals surface area contributed by atoms with Gasteiger partial charge in [-0.2, -0.15) is 5.10 Å². The lowest BCUT2D eigenvalue weighted by Gasteiger charge is -2.28. The summed E-state index contributed by atoms with van der Waals surface area (Å²) < 4.78 is 22.1. The third-order valence-electron chi connectivity index (χ3n) is 5.40. The standard InChI is InChI=1S/C23H18ClFN4O2S/c1-31-15-4-2-14(3-5-15)13-28-10-11-29-22(23(28)30)20(18-6-7-19(24)32-18)21(27-29)16-8-9-26-12-17(16)25/h2-9,12H,10-11,13H2,1H3. The maximum absolute atomic E-state index is 14.6. The van der Waals surface area contributed by atoms with E-state index in [0.717, 1.165) is 22.4 Å². The highest BCUT2D eigenvalue weighted by molar-refractivity contribution is 7.19. The van der Waals surface area contributed by atoms with Crippen LogP contribution in [0.25, 0.3) is 21.7 Å². The van der Waals surface area contributed by atoms with Crippen LogP contribution in [0.2, 0.25) is 4.34 Å². The fourth-order valence-corrected chi connectivity index (χ4v) is 4.94. The van der Waals surface area contributed by atoms with Crippen LogP contribution in [-0.2, 0) is 13.1 Å². The molecule has 0 N–H and O–H groups in total. The van der Waals surface area contributed by atoms with Gasteiger partial charge in [-0.05, 0) is 35.9 Å². The second kappa shape index (κ2) is 8.37. The van der Waals surface area contributed by atoms with Gasteiger partial charge in [-0.25, -0.2) is 4.39 Å². The van der Waals surface area contributed by atoms with E-state index >= 15 is 0 Å². The van der Waals surface area contributed by atoms with Crippen molar-refractivity contribution in [1.82, 2.24) is 19.7 Å². The number of nitrogens with zero attached hydrogens (tertiary/aromatic N) is 4. The quantitative estimate of drug-likeness (QED) is 0.407. The van der Waals surface area contributed by atoms with Gasteiger partial charge >= 0.3 is 0 Å². The molecule has 6 nitrogen and oxygen atoms in total. The first-order valence-electron chi connectivity index (χ1n) is 9.93. The highest BCUT2D eigenvalue weighted by Gasteiger charge is 2.33. The second-order valence-electron chi connectivity index (χ2n) is 7.33. The fraction of sp³-hybridized carbons (Fsp3) is 0.174. The molecule has 4 heterocycles. The Hall–Kier alpha value is -3.23. The zero-order chi connectivity index (χ0) is 22.2. The molecule has 162 valence electrons. The number of pyridine rings is 1. The van der Waals surface area contributed by atoms with Crippen molar-refractivity contribution in [2.75, 3.05) is 13.7 Å². The van der Waals surface area contributed by atoms with Gasteiger partial charge in [0, 0.05) is 29.7 Å². The molecule has 3 aromatic heterocycles. The lowest BCUT2D eigenvalue weighted by atomic mass is 10.0. The number of benzene rings is 1. The molecule has 0 saturated carbocycles. The fourth-order valence-electron chi connectivity index (χ4n) is 3.85. The molecular weight excluding hydrogens is 451 g/mol. The second-order valence-corrected chi connectivity index (χ2v) is 9.04. The lowest BCUT2D eigenvalue weighted by molar-refractivity contribution is 0.0684. The molecule has 0 atom stereocenters. The maximum atomic E-state index is 14.6. The summed E-state index contributed by atoms with van der Waals surface area (Å²) in [6.07, 6.45) is 2.66. The largest absolute Gasteiger partial charge is 0.497 e. The van der Waals surface area contributed by atoms with E-state index < -0.39 is 5.82 Å². The first-order chi connectivity index (χ1) is 15.5. The van der Waals surface area contributed by atoms with Crippen molar-refractivity contribution >= 4 is 28.8 Å². The van der Waals surface area contributed by atoms with Crippen molar-refractivity contribution < 1.29 is 13.9 Å². The van der Waals surface area contributed by atoms with Crippen molar-refractivity contribution in [1.29, 1.82) is 0 Å². The first-order valence-corrected chi connectivity index (χ1v) is 11.1. The molecule has 0 saturated heterocycles. The summed E-state index contributed by atoms with van der Waals surface area (Å²) in [4.78, 5) is 20.0. The first kappa shape index (κ1) is 20.7. The van der Waals surface area contributed by atoms with Gasteiger partial charge in [-0.1, -0.05) is 23.7 Å². The zero-order valence-electron chi connectivity index (χ0n) is 17.1. The summed E-state index contributed by atoms with van der Waals surface area (Å²) in [5.74, 6) is 0.117. The van der Waals surface area contributed by atoms with Crippen LogP contribution >= 0.6 is 22.9 Å². The Morgan fingerprint density at radius 2 is 1.97 bits per heavy atom. The van der Waals surface area contributed by atoms with E-state index in [1.165, 1.54) is 17.5 Å². The molecule has 0 unspecified atom stereocenters. The normalized spacial score (nSPS) is 13.3. The Bertz CT molecular complexity index is 1300. The molecule has 0 fully saturated rings. The number of hydrogen-bond acceptors (Lipinski definition) is 5. The maximum Gasteiger partial charge on any atom is 0.273 e. The average molecular weight is 469 g/mol. The SMILES string of the molecule is COc1ccc(CN2CCn3nc(-c4ccncc4F)c(-c4ccc(Cl)s4)c3C2=O)cc1. The molecule has 5 rings (SSSR count). The number of ether oxygens (including phenoxy) is 1. The van der Waals surface area contributed by atoms with Crippen molar-refractivity contribution in [3.8, 4) is 27.4 Å². The number of methoxy groups -OCH3 is 1. The van der Waals surface area contributed by atoms with Crippen LogP contribution in [0.1, 0.15) is 16.1 Å². The van der Waals surface area contributed by atoms with Gasteiger partial charge in [0.1, 0.15) is 17.1 Å². The van der Waals surface area contributed by atoms with Gasteiger partial charge in [0.2, 0.25) is 0 Å². The van der Waals surface area contributed by atoms with Gasteiger partial charge in [-0.15, -0.1) is 11.3 Å². The molecule has 0 aliphatic carbocycles. The Morgan fingerprint density at radius 3 is 2.66 bits per heavy atom. The van der Waals surface area contributed by atoms with Crippen molar-refractivity contribution in [2.24, 2.45) is 0 Å². The molecule has 1 aliphatic rings. The number of carbonyl (C=O) groups excluding carboxylic acids is 1. The van der Waals surface area contributed by atoms with E-state index in [9.17, 15) is 9.18 Å². The van der Waals surface area contributed by atoms with E-state index in [0.29, 0.717) is 46.5 Å². The molecule has 0 radical (unpaired) electrons. The number of aromatic nitrogens is 3. The van der Waals surface area contributed by atoms with Crippen LogP contribution in [0, 0.1) is 5.82 Å². The van der Waals surface area contributed by atoms with E-state index in [2.05, 4.69) is 10.1 Å². The van der Waals surface area contributed by atoms with Crippen LogP contribution in [0.4, 0.5) is 4.39 Å². The minimum absolute atomic E-state index is 0.153. The van der Waals surface area contributed by atoms with Crippen LogP contribution < -0.4 is 4.74 Å². The third-order valence-corrected chi connectivity index (χ3v) is 6.65. The van der Waals surface area contributed by atoms with Gasteiger partial charge in [0.15, 0.2) is 5.82 Å². The van der Waals surface area contributed by atoms with E-state index in [-0.39, 0.29) is 5.91 Å². The van der Waals surface area contributed by atoms with Crippen LogP contribution in [0.15, 0.2) is 54.9 Å². The summed E-state index contributed by atoms with van der Waals surface area (Å²) in [7, 11) is 1.62. The summed E-state index contributed by atoms with van der Waals surface area (Å²) in [6.45, 7) is 1.47. The number of thiophene rings is 1. The topological polar surface area (TPSA) is 60.2 Å². The Morgan fingerprint density at radius 1 is 1.16 bits per heavy atom. The molecule has 1 aliphatic heterocycles. The average Bonchev–Trinajstić information content (AvgIpc) is 3.40. The molecule has 0 bridgehead atoms. The molecular formula is C23H18ClFN4O2S. The molecule has 9 heteroatoms. The van der Waals surface area contributed by atoms with Gasteiger partial charge in [0.05, 0.1) is 29.8 Å². The molecule has 32 heavy (non-hydrogen) atoms. The number of fused-ring (bicyclic) bond motifs is 1. The van der Waals surface area contributed by atoms with Crippen LogP contribution in [-0.4, -0.2) is 39.2 Å². The number of halogens is 2. The van der Waals surface area contributed by atoms with Gasteiger partial charge in [-0.3, -0.25) is 14.5 Å². The van der Waals surface area contributed by atoms with E-state index in [1.54, 1.807) is 28.8 Å². The molecule has 1 aromatic carbocycles. The summed E-state index contributed by atoms with van der Waals surface area (Å²) in [5.41, 5.74) is 2.74. The minimum atomic E-state index is -0.491. The number of amides is 1. The molecule has 0 spiro atoms. The number of hydrogen-bond donors (Lipinski definition) is 0. The highest BCUT2D eigenvalue weighted by Crippen LogP contribution is 2.41. The van der Waals surface area contributed by atoms with Gasteiger partial charge in [0.25, 0.3) is 5.91 Å². The number of rotatable bonds is 5. The van der Waals surface area contributed by atoms with Crippen molar-refractivity contribution in [3.05, 3.63) is 76.3 Å². The van der Waals surface area contributed by atoms with Crippen molar-refractivity contribution in [2.45, 2.75) is 13.1 Å². The Balaban J connectivity index is 1.58.